The van der Waals surface area contributed by atoms with Gasteiger partial charge in [0.25, 0.3) is 0 Å². The predicted octanol–water partition coefficient (Wildman–Crippen LogP) is 2.44. The summed E-state index contributed by atoms with van der Waals surface area (Å²) in [6, 6.07) is 0. The van der Waals surface area contributed by atoms with Crippen LogP contribution in [0.1, 0.15) is 19.8 Å². The molecule has 0 aliphatic rings. The van der Waals surface area contributed by atoms with E-state index in [1.807, 2.05) is 0 Å². The zero-order valence-electron chi connectivity index (χ0n) is 9.62. The van der Waals surface area contributed by atoms with Crippen LogP contribution in [0.15, 0.2) is 0 Å². The molecule has 14 heavy (non-hydrogen) atoms. The Labute approximate surface area is 87.5 Å². The predicted molar refractivity (Wildman–Crippen MR) is 60.9 cm³/mol. The molecule has 0 saturated heterocycles. The first kappa shape index (κ1) is 14.2. The Kier molecular flexibility index (Phi) is 8.55. The lowest BCUT2D eigenvalue weighted by molar-refractivity contribution is 0.0523. The molecule has 86 valence electrons. The fourth-order valence-corrected chi connectivity index (χ4v) is 1.42. The van der Waals surface area contributed by atoms with E-state index in [9.17, 15) is 4.57 Å². The first-order valence-corrected chi connectivity index (χ1v) is 8.04. The van der Waals surface area contributed by atoms with Gasteiger partial charge in [0.15, 0.2) is 0 Å². The molecule has 0 aliphatic carbocycles. The SMILES string of the molecule is CCCCOCCOCCP(C)(C)=O. The van der Waals surface area contributed by atoms with Crippen molar-refractivity contribution >= 4 is 7.14 Å². The topological polar surface area (TPSA) is 35.5 Å². The van der Waals surface area contributed by atoms with Gasteiger partial charge >= 0.3 is 0 Å². The minimum atomic E-state index is -1.90. The Hall–Kier alpha value is 0.150. The van der Waals surface area contributed by atoms with Crippen molar-refractivity contribution < 1.29 is 14.0 Å². The van der Waals surface area contributed by atoms with Crippen molar-refractivity contribution in [2.75, 3.05) is 45.9 Å². The van der Waals surface area contributed by atoms with Gasteiger partial charge < -0.3 is 14.0 Å². The van der Waals surface area contributed by atoms with Crippen LogP contribution >= 0.6 is 7.14 Å². The summed E-state index contributed by atoms with van der Waals surface area (Å²) in [6.07, 6.45) is 2.94. The number of hydrogen-bond donors (Lipinski definition) is 0. The van der Waals surface area contributed by atoms with Crippen LogP contribution in [0.3, 0.4) is 0 Å². The minimum Gasteiger partial charge on any atom is -0.379 e. The van der Waals surface area contributed by atoms with Crippen LogP contribution < -0.4 is 0 Å². The molecule has 0 aromatic heterocycles. The van der Waals surface area contributed by atoms with Crippen LogP contribution in [0.2, 0.25) is 0 Å². The molecule has 0 saturated carbocycles. The third-order valence-electron chi connectivity index (χ3n) is 1.79. The quantitative estimate of drug-likeness (QED) is 0.444. The number of rotatable bonds is 9. The van der Waals surface area contributed by atoms with Crippen molar-refractivity contribution in [3.8, 4) is 0 Å². The molecule has 0 rings (SSSR count). The maximum atomic E-state index is 11.3. The Morgan fingerprint density at radius 3 is 2.07 bits per heavy atom. The van der Waals surface area contributed by atoms with Crippen LogP contribution in [0, 0.1) is 0 Å². The second kappa shape index (κ2) is 8.46. The standard InChI is InChI=1S/C10H23O3P/c1-4-5-6-12-7-8-13-9-10-14(2,3)11/h4-10H2,1-3H3. The fraction of sp³-hybridized carbons (Fsp3) is 1.00. The molecule has 0 heterocycles. The van der Waals surface area contributed by atoms with Crippen LogP contribution in [0.5, 0.6) is 0 Å². The second-order valence-corrected chi connectivity index (χ2v) is 7.47. The highest BCUT2D eigenvalue weighted by Crippen LogP contribution is 2.34. The van der Waals surface area contributed by atoms with Crippen LogP contribution in [-0.2, 0) is 14.0 Å². The number of hydrogen-bond acceptors (Lipinski definition) is 3. The lowest BCUT2D eigenvalue weighted by Crippen LogP contribution is -2.08. The molecule has 0 unspecified atom stereocenters. The summed E-state index contributed by atoms with van der Waals surface area (Å²) in [4.78, 5) is 0. The van der Waals surface area contributed by atoms with Gasteiger partial charge in [-0.1, -0.05) is 13.3 Å². The maximum Gasteiger partial charge on any atom is 0.0841 e. The molecule has 0 aliphatic heterocycles. The summed E-state index contributed by atoms with van der Waals surface area (Å²) in [6.45, 7) is 8.38. The average Bonchev–Trinajstić information content (AvgIpc) is 2.08. The van der Waals surface area contributed by atoms with E-state index in [4.69, 9.17) is 9.47 Å². The molecular weight excluding hydrogens is 199 g/mol. The van der Waals surface area contributed by atoms with Crippen molar-refractivity contribution in [2.45, 2.75) is 19.8 Å². The van der Waals surface area contributed by atoms with E-state index in [2.05, 4.69) is 6.92 Å². The molecule has 0 aromatic carbocycles. The summed E-state index contributed by atoms with van der Waals surface area (Å²) < 4.78 is 21.9. The zero-order chi connectivity index (χ0) is 10.9. The molecule has 4 heteroatoms. The molecule has 0 atom stereocenters. The molecule has 0 amide bonds. The highest BCUT2D eigenvalue weighted by Gasteiger charge is 2.05. The molecule has 0 N–H and O–H groups in total. The van der Waals surface area contributed by atoms with Crippen molar-refractivity contribution in [2.24, 2.45) is 0 Å². The Morgan fingerprint density at radius 1 is 1.00 bits per heavy atom. The van der Waals surface area contributed by atoms with Crippen molar-refractivity contribution in [3.63, 3.8) is 0 Å². The molecule has 0 radical (unpaired) electrons. The van der Waals surface area contributed by atoms with Gasteiger partial charge in [-0.15, -0.1) is 0 Å². The normalized spacial score (nSPS) is 11.9. The summed E-state index contributed by atoms with van der Waals surface area (Å²) in [5.74, 6) is 0. The zero-order valence-corrected chi connectivity index (χ0v) is 10.5. The Bertz CT molecular complexity index is 165. The van der Waals surface area contributed by atoms with E-state index < -0.39 is 7.14 Å². The van der Waals surface area contributed by atoms with E-state index >= 15 is 0 Å². The largest absolute Gasteiger partial charge is 0.379 e. The van der Waals surface area contributed by atoms with E-state index in [0.717, 1.165) is 19.4 Å². The first-order chi connectivity index (χ1) is 6.56. The lowest BCUT2D eigenvalue weighted by atomic mass is 10.4. The van der Waals surface area contributed by atoms with E-state index in [-0.39, 0.29) is 0 Å². The van der Waals surface area contributed by atoms with Crippen LogP contribution in [0.25, 0.3) is 0 Å². The van der Waals surface area contributed by atoms with Crippen molar-refractivity contribution in [3.05, 3.63) is 0 Å². The van der Waals surface area contributed by atoms with Gasteiger partial charge in [0, 0.05) is 12.8 Å². The van der Waals surface area contributed by atoms with Gasteiger partial charge in [-0.25, -0.2) is 0 Å². The maximum absolute atomic E-state index is 11.3. The van der Waals surface area contributed by atoms with E-state index in [1.54, 1.807) is 13.3 Å². The molecule has 0 spiro atoms. The molecule has 0 bridgehead atoms. The smallest absolute Gasteiger partial charge is 0.0841 e. The van der Waals surface area contributed by atoms with E-state index in [0.29, 0.717) is 26.0 Å². The van der Waals surface area contributed by atoms with Crippen molar-refractivity contribution in [1.29, 1.82) is 0 Å². The third kappa shape index (κ3) is 12.2. The number of ether oxygens (including phenoxy) is 2. The van der Waals surface area contributed by atoms with Crippen molar-refractivity contribution in [1.82, 2.24) is 0 Å². The van der Waals surface area contributed by atoms with E-state index in [1.165, 1.54) is 0 Å². The summed E-state index contributed by atoms with van der Waals surface area (Å²) in [7, 11) is -1.90. The minimum absolute atomic E-state index is 0.585. The molecule has 0 aromatic rings. The van der Waals surface area contributed by atoms with Gasteiger partial charge in [0.2, 0.25) is 0 Å². The van der Waals surface area contributed by atoms with Gasteiger partial charge in [0.05, 0.1) is 27.0 Å². The summed E-state index contributed by atoms with van der Waals surface area (Å²) >= 11 is 0. The third-order valence-corrected chi connectivity index (χ3v) is 3.05. The highest BCUT2D eigenvalue weighted by atomic mass is 31.2. The molecule has 0 fully saturated rings. The first-order valence-electron chi connectivity index (χ1n) is 5.26. The van der Waals surface area contributed by atoms with Gasteiger partial charge in [-0.3, -0.25) is 0 Å². The molecular formula is C10H23O3P. The van der Waals surface area contributed by atoms with Gasteiger partial charge in [0.1, 0.15) is 0 Å². The number of unbranched alkanes of at least 4 members (excludes halogenated alkanes) is 1. The highest BCUT2D eigenvalue weighted by molar-refractivity contribution is 7.62. The van der Waals surface area contributed by atoms with Gasteiger partial charge in [-0.05, 0) is 19.8 Å². The monoisotopic (exact) mass is 222 g/mol. The Morgan fingerprint density at radius 2 is 1.57 bits per heavy atom. The Balaban J connectivity index is 3.03. The fourth-order valence-electron chi connectivity index (χ4n) is 0.853. The van der Waals surface area contributed by atoms with Crippen LogP contribution in [-0.4, -0.2) is 45.9 Å². The summed E-state index contributed by atoms with van der Waals surface area (Å²) in [5.41, 5.74) is 0. The average molecular weight is 222 g/mol. The summed E-state index contributed by atoms with van der Waals surface area (Å²) in [5, 5.41) is 0. The van der Waals surface area contributed by atoms with Gasteiger partial charge in [-0.2, -0.15) is 0 Å². The van der Waals surface area contributed by atoms with Crippen LogP contribution in [0.4, 0.5) is 0 Å². The molecule has 3 nitrogen and oxygen atoms in total. The lowest BCUT2D eigenvalue weighted by Gasteiger charge is -2.07. The second-order valence-electron chi connectivity index (χ2n) is 3.88.